The Morgan fingerprint density at radius 1 is 1.00 bits per heavy atom. The number of carbonyl (C=O) groups is 2. The molecule has 0 radical (unpaired) electrons. The van der Waals surface area contributed by atoms with Crippen LogP contribution in [0.4, 0.5) is 5.13 Å². The van der Waals surface area contributed by atoms with Crippen molar-refractivity contribution in [2.45, 2.75) is 17.3 Å². The van der Waals surface area contributed by atoms with Crippen molar-refractivity contribution in [3.05, 3.63) is 47.5 Å². The molecule has 2 heterocycles. The number of nitrogens with zero attached hydrogens (tertiary/aromatic N) is 2. The fraction of sp³-hybridized carbons (Fsp3) is 0.273. The van der Waals surface area contributed by atoms with Crippen molar-refractivity contribution in [3.8, 4) is 23.0 Å². The lowest BCUT2D eigenvalue weighted by Crippen LogP contribution is -2.24. The van der Waals surface area contributed by atoms with E-state index in [4.69, 9.17) is 18.9 Å². The molecule has 178 valence electrons. The second-order valence-corrected chi connectivity index (χ2v) is 9.24. The molecular formula is C22H22N4O6S2. The Kier molecular flexibility index (Phi) is 7.70. The molecule has 4 rings (SSSR count). The summed E-state index contributed by atoms with van der Waals surface area (Å²) in [5.41, 5.74) is 1.69. The third-order valence-electron chi connectivity index (χ3n) is 4.72. The van der Waals surface area contributed by atoms with Crippen LogP contribution in [0, 0.1) is 0 Å². The Balaban J connectivity index is 1.21. The average Bonchev–Trinajstić information content (AvgIpc) is 3.50. The molecule has 0 bridgehead atoms. The van der Waals surface area contributed by atoms with Crippen LogP contribution in [-0.2, 0) is 22.6 Å². The zero-order chi connectivity index (χ0) is 23.9. The van der Waals surface area contributed by atoms with Crippen LogP contribution in [0.15, 0.2) is 40.7 Å². The molecule has 0 aliphatic carbocycles. The largest absolute Gasteiger partial charge is 0.493 e. The van der Waals surface area contributed by atoms with E-state index in [0.29, 0.717) is 39.0 Å². The summed E-state index contributed by atoms with van der Waals surface area (Å²) >= 11 is 2.46. The molecule has 0 atom stereocenters. The van der Waals surface area contributed by atoms with Gasteiger partial charge in [0.2, 0.25) is 23.7 Å². The number of ether oxygens (including phenoxy) is 4. The number of benzene rings is 2. The van der Waals surface area contributed by atoms with Crippen LogP contribution in [0.2, 0.25) is 0 Å². The van der Waals surface area contributed by atoms with Gasteiger partial charge in [-0.25, -0.2) is 0 Å². The maximum absolute atomic E-state index is 12.4. The number of carbonyl (C=O) groups excluding carboxylic acids is 2. The van der Waals surface area contributed by atoms with E-state index in [-0.39, 0.29) is 30.8 Å². The third-order valence-corrected chi connectivity index (χ3v) is 6.69. The quantitative estimate of drug-likeness (QED) is 0.318. The number of methoxy groups -OCH3 is 2. The monoisotopic (exact) mass is 502 g/mol. The maximum atomic E-state index is 12.4. The second kappa shape index (κ2) is 11.1. The Bertz CT molecular complexity index is 1190. The van der Waals surface area contributed by atoms with E-state index >= 15 is 0 Å². The fourth-order valence-electron chi connectivity index (χ4n) is 3.09. The minimum Gasteiger partial charge on any atom is -0.493 e. The molecule has 1 aliphatic heterocycles. The van der Waals surface area contributed by atoms with Gasteiger partial charge in [-0.15, -0.1) is 10.2 Å². The molecular weight excluding hydrogens is 480 g/mol. The van der Waals surface area contributed by atoms with Crippen molar-refractivity contribution in [1.82, 2.24) is 15.5 Å². The minimum atomic E-state index is -0.235. The molecule has 34 heavy (non-hydrogen) atoms. The molecule has 1 aromatic heterocycles. The molecule has 0 spiro atoms. The predicted octanol–water partition coefficient (Wildman–Crippen LogP) is 2.87. The summed E-state index contributed by atoms with van der Waals surface area (Å²) in [7, 11) is 3.10. The molecule has 0 saturated heterocycles. The molecule has 2 amide bonds. The number of amides is 2. The molecule has 10 nitrogen and oxygen atoms in total. The highest BCUT2D eigenvalue weighted by molar-refractivity contribution is 8.01. The number of thioether (sulfide) groups is 1. The summed E-state index contributed by atoms with van der Waals surface area (Å²) in [4.78, 5) is 24.6. The molecule has 3 aromatic rings. The van der Waals surface area contributed by atoms with Crippen molar-refractivity contribution in [3.63, 3.8) is 0 Å². The van der Waals surface area contributed by atoms with Gasteiger partial charge in [0.15, 0.2) is 27.3 Å². The summed E-state index contributed by atoms with van der Waals surface area (Å²) in [5, 5.41) is 14.0. The van der Waals surface area contributed by atoms with Crippen LogP contribution >= 0.6 is 23.1 Å². The van der Waals surface area contributed by atoms with E-state index in [1.807, 2.05) is 18.2 Å². The van der Waals surface area contributed by atoms with Crippen molar-refractivity contribution in [1.29, 1.82) is 0 Å². The molecule has 0 fully saturated rings. The van der Waals surface area contributed by atoms with Gasteiger partial charge in [0.25, 0.3) is 0 Å². The van der Waals surface area contributed by atoms with Crippen molar-refractivity contribution in [2.24, 2.45) is 0 Å². The highest BCUT2D eigenvalue weighted by atomic mass is 32.2. The summed E-state index contributed by atoms with van der Waals surface area (Å²) in [6, 6.07) is 10.8. The van der Waals surface area contributed by atoms with E-state index in [1.165, 1.54) is 23.1 Å². The van der Waals surface area contributed by atoms with Crippen LogP contribution in [0.25, 0.3) is 0 Å². The number of rotatable bonds is 10. The second-order valence-electron chi connectivity index (χ2n) is 7.04. The van der Waals surface area contributed by atoms with Gasteiger partial charge >= 0.3 is 0 Å². The van der Waals surface area contributed by atoms with E-state index in [1.54, 1.807) is 32.4 Å². The molecule has 0 saturated carbocycles. The van der Waals surface area contributed by atoms with Crippen LogP contribution in [0.3, 0.4) is 0 Å². The Morgan fingerprint density at radius 3 is 2.62 bits per heavy atom. The lowest BCUT2D eigenvalue weighted by atomic mass is 10.1. The number of anilines is 1. The van der Waals surface area contributed by atoms with Gasteiger partial charge in [-0.2, -0.15) is 0 Å². The van der Waals surface area contributed by atoms with E-state index in [9.17, 15) is 9.59 Å². The highest BCUT2D eigenvalue weighted by Gasteiger charge is 2.15. The summed E-state index contributed by atoms with van der Waals surface area (Å²) < 4.78 is 21.7. The SMILES string of the molecule is COc1ccc(CC(=O)Nc2nnc(SCC(=O)NCc3ccc4c(c3)OCO4)s2)cc1OC. The minimum absolute atomic E-state index is 0.142. The summed E-state index contributed by atoms with van der Waals surface area (Å²) in [6.45, 7) is 0.589. The standard InChI is InChI=1S/C22H22N4O6S2/c1-29-15-5-3-13(7-17(15)30-2)9-19(27)24-21-25-26-22(34-21)33-11-20(28)23-10-14-4-6-16-18(8-14)32-12-31-16/h3-8H,9-12H2,1-2H3,(H,23,28)(H,24,25,27). The van der Waals surface area contributed by atoms with Gasteiger partial charge in [0.05, 0.1) is 26.4 Å². The van der Waals surface area contributed by atoms with Crippen molar-refractivity contribution >= 4 is 40.0 Å². The maximum Gasteiger partial charge on any atom is 0.231 e. The van der Waals surface area contributed by atoms with Gasteiger partial charge < -0.3 is 29.6 Å². The van der Waals surface area contributed by atoms with Crippen LogP contribution in [0.1, 0.15) is 11.1 Å². The van der Waals surface area contributed by atoms with Crippen LogP contribution < -0.4 is 29.6 Å². The van der Waals surface area contributed by atoms with E-state index in [2.05, 4.69) is 20.8 Å². The molecule has 2 N–H and O–H groups in total. The lowest BCUT2D eigenvalue weighted by molar-refractivity contribution is -0.118. The zero-order valence-corrected chi connectivity index (χ0v) is 20.1. The topological polar surface area (TPSA) is 121 Å². The average molecular weight is 503 g/mol. The lowest BCUT2D eigenvalue weighted by Gasteiger charge is -2.09. The first kappa shape index (κ1) is 23.6. The summed E-state index contributed by atoms with van der Waals surface area (Å²) in [5.74, 6) is 2.33. The normalized spacial score (nSPS) is 11.7. The number of hydrogen-bond acceptors (Lipinski definition) is 10. The van der Waals surface area contributed by atoms with Crippen molar-refractivity contribution in [2.75, 3.05) is 32.1 Å². The molecule has 12 heteroatoms. The fourth-order valence-corrected chi connectivity index (χ4v) is 4.69. The number of nitrogens with one attached hydrogen (secondary N) is 2. The summed E-state index contributed by atoms with van der Waals surface area (Å²) in [6.07, 6.45) is 0.144. The molecule has 0 unspecified atom stereocenters. The predicted molar refractivity (Wildman–Crippen MR) is 127 cm³/mol. The first-order valence-electron chi connectivity index (χ1n) is 10.2. The Labute approximate surface area is 204 Å². The van der Waals surface area contributed by atoms with Gasteiger partial charge in [-0.3, -0.25) is 9.59 Å². The molecule has 1 aliphatic rings. The first-order valence-corrected chi connectivity index (χ1v) is 12.0. The Morgan fingerprint density at radius 2 is 1.79 bits per heavy atom. The smallest absolute Gasteiger partial charge is 0.231 e. The number of fused-ring (bicyclic) bond motifs is 1. The Hall–Kier alpha value is -3.51. The van der Waals surface area contributed by atoms with Gasteiger partial charge in [0, 0.05) is 6.54 Å². The van der Waals surface area contributed by atoms with Crippen LogP contribution in [-0.4, -0.2) is 48.8 Å². The molecule has 2 aromatic carbocycles. The van der Waals surface area contributed by atoms with Crippen LogP contribution in [0.5, 0.6) is 23.0 Å². The van der Waals surface area contributed by atoms with Gasteiger partial charge in [-0.1, -0.05) is 35.2 Å². The first-order chi connectivity index (χ1) is 16.5. The number of aromatic nitrogens is 2. The zero-order valence-electron chi connectivity index (χ0n) is 18.5. The van der Waals surface area contributed by atoms with Crippen molar-refractivity contribution < 1.29 is 28.5 Å². The van der Waals surface area contributed by atoms with Gasteiger partial charge in [-0.05, 0) is 35.4 Å². The van der Waals surface area contributed by atoms with Gasteiger partial charge in [0.1, 0.15) is 0 Å². The van der Waals surface area contributed by atoms with E-state index < -0.39 is 0 Å². The third kappa shape index (κ3) is 6.08. The highest BCUT2D eigenvalue weighted by Crippen LogP contribution is 2.32. The van der Waals surface area contributed by atoms with E-state index in [0.717, 1.165) is 11.1 Å². The number of hydrogen-bond donors (Lipinski definition) is 2.